The molecule has 30 heavy (non-hydrogen) atoms. The number of esters is 1. The second kappa shape index (κ2) is 10.6. The van der Waals surface area contributed by atoms with Crippen molar-refractivity contribution < 1.29 is 23.9 Å². The molecule has 3 amide bonds. The molecule has 2 rings (SSSR count). The topological polar surface area (TPSA) is 114 Å². The van der Waals surface area contributed by atoms with E-state index in [0.717, 1.165) is 0 Å². The zero-order valence-corrected chi connectivity index (χ0v) is 16.9. The normalized spacial score (nSPS) is 11.8. The Labute approximate surface area is 174 Å². The van der Waals surface area contributed by atoms with Crippen molar-refractivity contribution in [1.29, 1.82) is 0 Å². The van der Waals surface area contributed by atoms with Crippen molar-refractivity contribution in [2.45, 2.75) is 26.9 Å². The van der Waals surface area contributed by atoms with Gasteiger partial charge in [0.15, 0.2) is 6.10 Å². The molecule has 0 bridgehead atoms. The van der Waals surface area contributed by atoms with E-state index in [1.165, 1.54) is 26.8 Å². The van der Waals surface area contributed by atoms with Gasteiger partial charge in [-0.1, -0.05) is 30.3 Å². The summed E-state index contributed by atoms with van der Waals surface area (Å²) in [5, 5.41) is 7.67. The van der Waals surface area contributed by atoms with Gasteiger partial charge in [-0.3, -0.25) is 14.4 Å². The molecule has 2 aromatic carbocycles. The molecular weight excluding hydrogens is 386 g/mol. The van der Waals surface area contributed by atoms with E-state index in [0.29, 0.717) is 16.9 Å². The SMILES string of the molecule is CC(=O)NC(=Cc1ccccc1)C(=O)OC(C)C(=O)Nc1ccc(NC(C)=O)cc1. The lowest BCUT2D eigenvalue weighted by Crippen LogP contribution is -2.33. The third-order valence-electron chi connectivity index (χ3n) is 3.77. The van der Waals surface area contributed by atoms with Gasteiger partial charge < -0.3 is 20.7 Å². The minimum Gasteiger partial charge on any atom is -0.448 e. The van der Waals surface area contributed by atoms with Gasteiger partial charge in [-0.25, -0.2) is 4.79 Å². The van der Waals surface area contributed by atoms with Crippen LogP contribution < -0.4 is 16.0 Å². The van der Waals surface area contributed by atoms with E-state index in [1.54, 1.807) is 48.5 Å². The maximum Gasteiger partial charge on any atom is 0.355 e. The first-order valence-electron chi connectivity index (χ1n) is 9.18. The standard InChI is InChI=1S/C22H23N3O5/c1-14(21(28)25-19-11-9-18(10-12-19)23-15(2)26)30-22(29)20(24-16(3)27)13-17-7-5-4-6-8-17/h4-14H,1-3H3,(H,23,26)(H,24,27)(H,25,28). The van der Waals surface area contributed by atoms with Crippen LogP contribution in [0.5, 0.6) is 0 Å². The smallest absolute Gasteiger partial charge is 0.355 e. The number of hydrogen-bond donors (Lipinski definition) is 3. The number of carbonyl (C=O) groups excluding carboxylic acids is 4. The zero-order valence-electron chi connectivity index (χ0n) is 16.9. The molecule has 0 spiro atoms. The van der Waals surface area contributed by atoms with Crippen molar-refractivity contribution in [2.24, 2.45) is 0 Å². The van der Waals surface area contributed by atoms with Crippen LogP contribution in [0.25, 0.3) is 6.08 Å². The van der Waals surface area contributed by atoms with E-state index >= 15 is 0 Å². The van der Waals surface area contributed by atoms with Gasteiger partial charge in [-0.05, 0) is 42.8 Å². The molecule has 8 nitrogen and oxygen atoms in total. The summed E-state index contributed by atoms with van der Waals surface area (Å²) in [5.74, 6) is -2.02. The molecule has 3 N–H and O–H groups in total. The van der Waals surface area contributed by atoms with Gasteiger partial charge in [0.2, 0.25) is 11.8 Å². The summed E-state index contributed by atoms with van der Waals surface area (Å²) in [4.78, 5) is 47.3. The van der Waals surface area contributed by atoms with Gasteiger partial charge in [0.1, 0.15) is 5.70 Å². The number of benzene rings is 2. The summed E-state index contributed by atoms with van der Waals surface area (Å²) < 4.78 is 5.20. The van der Waals surface area contributed by atoms with E-state index < -0.39 is 23.9 Å². The Hall–Kier alpha value is -3.94. The second-order valence-corrected chi connectivity index (χ2v) is 6.45. The molecular formula is C22H23N3O5. The molecule has 0 aliphatic carbocycles. The molecule has 8 heteroatoms. The molecule has 0 saturated carbocycles. The minimum atomic E-state index is -1.11. The number of ether oxygens (including phenoxy) is 1. The molecule has 0 radical (unpaired) electrons. The van der Waals surface area contributed by atoms with Crippen molar-refractivity contribution in [3.05, 3.63) is 65.9 Å². The van der Waals surface area contributed by atoms with Crippen LogP contribution in [0.4, 0.5) is 11.4 Å². The average molecular weight is 409 g/mol. The summed E-state index contributed by atoms with van der Waals surface area (Å²) in [6.07, 6.45) is 0.357. The maximum absolute atomic E-state index is 12.5. The van der Waals surface area contributed by atoms with Crippen molar-refractivity contribution in [3.8, 4) is 0 Å². The van der Waals surface area contributed by atoms with Crippen molar-refractivity contribution in [1.82, 2.24) is 5.32 Å². The van der Waals surface area contributed by atoms with Gasteiger partial charge in [-0.15, -0.1) is 0 Å². The van der Waals surface area contributed by atoms with Gasteiger partial charge in [0, 0.05) is 25.2 Å². The summed E-state index contributed by atoms with van der Waals surface area (Å²) >= 11 is 0. The summed E-state index contributed by atoms with van der Waals surface area (Å²) in [6.45, 7) is 4.09. The van der Waals surface area contributed by atoms with E-state index in [-0.39, 0.29) is 11.6 Å². The highest BCUT2D eigenvalue weighted by molar-refractivity contribution is 6.00. The Morgan fingerprint density at radius 3 is 1.93 bits per heavy atom. The van der Waals surface area contributed by atoms with Gasteiger partial charge in [-0.2, -0.15) is 0 Å². The predicted molar refractivity (Wildman–Crippen MR) is 113 cm³/mol. The lowest BCUT2D eigenvalue weighted by atomic mass is 10.2. The number of amides is 3. The zero-order chi connectivity index (χ0) is 22.1. The second-order valence-electron chi connectivity index (χ2n) is 6.45. The quantitative estimate of drug-likeness (QED) is 0.481. The molecule has 0 saturated heterocycles. The van der Waals surface area contributed by atoms with E-state index in [1.807, 2.05) is 6.07 Å². The van der Waals surface area contributed by atoms with E-state index in [4.69, 9.17) is 4.74 Å². The molecule has 0 heterocycles. The highest BCUT2D eigenvalue weighted by Crippen LogP contribution is 2.14. The summed E-state index contributed by atoms with van der Waals surface area (Å²) in [6, 6.07) is 15.4. The lowest BCUT2D eigenvalue weighted by Gasteiger charge is -2.15. The minimum absolute atomic E-state index is 0.0759. The lowest BCUT2D eigenvalue weighted by molar-refractivity contribution is -0.149. The number of nitrogens with one attached hydrogen (secondary N) is 3. The van der Waals surface area contributed by atoms with Crippen molar-refractivity contribution in [3.63, 3.8) is 0 Å². The largest absolute Gasteiger partial charge is 0.448 e. The summed E-state index contributed by atoms with van der Waals surface area (Å²) in [7, 11) is 0. The van der Waals surface area contributed by atoms with Crippen LogP contribution in [0.1, 0.15) is 26.3 Å². The molecule has 2 aromatic rings. The van der Waals surface area contributed by atoms with Gasteiger partial charge in [0.25, 0.3) is 5.91 Å². The van der Waals surface area contributed by atoms with Crippen LogP contribution >= 0.6 is 0 Å². The van der Waals surface area contributed by atoms with Crippen molar-refractivity contribution >= 4 is 41.1 Å². The molecule has 0 aromatic heterocycles. The van der Waals surface area contributed by atoms with Crippen LogP contribution in [-0.2, 0) is 23.9 Å². The maximum atomic E-state index is 12.5. The Morgan fingerprint density at radius 1 is 0.833 bits per heavy atom. The van der Waals surface area contributed by atoms with Crippen LogP contribution in [0, 0.1) is 0 Å². The Balaban J connectivity index is 2.02. The molecule has 1 unspecified atom stereocenters. The first-order valence-corrected chi connectivity index (χ1v) is 9.18. The average Bonchev–Trinajstić information content (AvgIpc) is 2.69. The highest BCUT2D eigenvalue weighted by atomic mass is 16.5. The van der Waals surface area contributed by atoms with Crippen LogP contribution in [0.2, 0.25) is 0 Å². The molecule has 1 atom stereocenters. The van der Waals surface area contributed by atoms with Crippen LogP contribution in [-0.4, -0.2) is 29.8 Å². The molecule has 0 aliphatic rings. The van der Waals surface area contributed by atoms with Gasteiger partial charge in [0.05, 0.1) is 0 Å². The first-order chi connectivity index (χ1) is 14.2. The van der Waals surface area contributed by atoms with E-state index in [2.05, 4.69) is 16.0 Å². The fourth-order valence-corrected chi connectivity index (χ4v) is 2.41. The fourth-order valence-electron chi connectivity index (χ4n) is 2.41. The fraction of sp³-hybridized carbons (Fsp3) is 0.182. The van der Waals surface area contributed by atoms with Crippen molar-refractivity contribution in [2.75, 3.05) is 10.6 Å². The number of rotatable bonds is 7. The Bertz CT molecular complexity index is 952. The van der Waals surface area contributed by atoms with Crippen LogP contribution in [0.15, 0.2) is 60.3 Å². The Kier molecular flexibility index (Phi) is 7.87. The number of hydrogen-bond acceptors (Lipinski definition) is 5. The summed E-state index contributed by atoms with van der Waals surface area (Å²) in [5.41, 5.74) is 1.67. The van der Waals surface area contributed by atoms with Gasteiger partial charge >= 0.3 is 5.97 Å². The van der Waals surface area contributed by atoms with Crippen LogP contribution in [0.3, 0.4) is 0 Å². The number of carbonyl (C=O) groups is 4. The first kappa shape index (κ1) is 22.4. The third kappa shape index (κ3) is 7.23. The highest BCUT2D eigenvalue weighted by Gasteiger charge is 2.21. The Morgan fingerprint density at radius 2 is 1.40 bits per heavy atom. The molecule has 0 aliphatic heterocycles. The molecule has 0 fully saturated rings. The number of anilines is 2. The predicted octanol–water partition coefficient (Wildman–Crippen LogP) is 2.69. The molecule has 156 valence electrons. The van der Waals surface area contributed by atoms with E-state index in [9.17, 15) is 19.2 Å². The third-order valence-corrected chi connectivity index (χ3v) is 3.77. The monoisotopic (exact) mass is 409 g/mol.